The SMILES string of the molecule is Cc1ccc(N=Nc2c(O)ccc3ccccc23)cc1S(=O)(=O)O.[H-].[H-].[Sr+2]. The molecule has 0 spiro atoms. The number of azo groups is 1. The Kier molecular flexibility index (Phi) is 6.36. The second kappa shape index (κ2) is 7.94. The third-order valence-corrected chi connectivity index (χ3v) is 4.59. The Morgan fingerprint density at radius 2 is 1.72 bits per heavy atom. The summed E-state index contributed by atoms with van der Waals surface area (Å²) in [4.78, 5) is -0.221. The van der Waals surface area contributed by atoms with Gasteiger partial charge in [-0.05, 0) is 36.1 Å². The molecule has 8 heteroatoms. The van der Waals surface area contributed by atoms with Gasteiger partial charge in [0.15, 0.2) is 0 Å². The molecule has 2 N–H and O–H groups in total. The zero-order valence-electron chi connectivity index (χ0n) is 15.4. The van der Waals surface area contributed by atoms with Crippen LogP contribution in [0.25, 0.3) is 10.8 Å². The number of phenols is 1. The summed E-state index contributed by atoms with van der Waals surface area (Å²) in [5.41, 5.74) is 0.951. The number of rotatable bonds is 3. The van der Waals surface area contributed by atoms with E-state index < -0.39 is 10.1 Å². The molecule has 0 heterocycles. The van der Waals surface area contributed by atoms with Crippen molar-refractivity contribution in [2.45, 2.75) is 11.8 Å². The van der Waals surface area contributed by atoms with Crippen LogP contribution in [0.1, 0.15) is 8.42 Å². The molecule has 6 nitrogen and oxygen atoms in total. The van der Waals surface area contributed by atoms with Crippen LogP contribution < -0.4 is 0 Å². The van der Waals surface area contributed by atoms with E-state index in [1.807, 2.05) is 24.3 Å². The summed E-state index contributed by atoms with van der Waals surface area (Å²) in [5.74, 6) is -0.0282. The molecule has 0 fully saturated rings. The minimum atomic E-state index is -4.33. The maximum Gasteiger partial charge on any atom is 2.00 e. The van der Waals surface area contributed by atoms with Crippen LogP contribution in [0.15, 0.2) is 69.7 Å². The van der Waals surface area contributed by atoms with E-state index in [9.17, 15) is 18.1 Å². The predicted molar refractivity (Wildman–Crippen MR) is 98.8 cm³/mol. The summed E-state index contributed by atoms with van der Waals surface area (Å²) in [6.45, 7) is 1.57. The van der Waals surface area contributed by atoms with Crippen molar-refractivity contribution >= 4 is 77.7 Å². The van der Waals surface area contributed by atoms with Gasteiger partial charge in [-0.1, -0.05) is 36.4 Å². The molecule has 0 aromatic heterocycles. The molecular weight excluding hydrogens is 416 g/mol. The van der Waals surface area contributed by atoms with Gasteiger partial charge in [0.05, 0.1) is 10.6 Å². The first-order chi connectivity index (χ1) is 11.4. The number of fused-ring (bicyclic) bond motifs is 1. The maximum absolute atomic E-state index is 11.4. The Bertz CT molecular complexity index is 1080. The average molecular weight is 432 g/mol. The number of hydrogen-bond acceptors (Lipinski definition) is 5. The second-order valence-electron chi connectivity index (χ2n) is 5.28. The van der Waals surface area contributed by atoms with Gasteiger partial charge in [-0.2, -0.15) is 13.5 Å². The van der Waals surface area contributed by atoms with E-state index >= 15 is 0 Å². The monoisotopic (exact) mass is 432 g/mol. The molecule has 0 aliphatic carbocycles. The quantitative estimate of drug-likeness (QED) is 0.365. The fourth-order valence-corrected chi connectivity index (χ4v) is 3.13. The van der Waals surface area contributed by atoms with E-state index in [4.69, 9.17) is 0 Å². The van der Waals surface area contributed by atoms with Gasteiger partial charge >= 0.3 is 45.5 Å². The van der Waals surface area contributed by atoms with Gasteiger partial charge < -0.3 is 7.96 Å². The Hall–Kier alpha value is -1.29. The van der Waals surface area contributed by atoms with Gasteiger partial charge in [-0.25, -0.2) is 0 Å². The fourth-order valence-electron chi connectivity index (χ4n) is 2.39. The van der Waals surface area contributed by atoms with E-state index in [2.05, 4.69) is 10.2 Å². The predicted octanol–water partition coefficient (Wildman–Crippen LogP) is 4.36. The molecule has 126 valence electrons. The van der Waals surface area contributed by atoms with Gasteiger partial charge in [0, 0.05) is 5.39 Å². The minimum absolute atomic E-state index is 0. The topological polar surface area (TPSA) is 99.3 Å². The summed E-state index contributed by atoms with van der Waals surface area (Å²) in [6.07, 6.45) is 0. The number of nitrogens with zero attached hydrogens (tertiary/aromatic N) is 2. The maximum atomic E-state index is 11.4. The molecule has 0 saturated heterocycles. The summed E-state index contributed by atoms with van der Waals surface area (Å²) >= 11 is 0. The van der Waals surface area contributed by atoms with Gasteiger partial charge in [-0.15, -0.1) is 5.11 Å². The largest absolute Gasteiger partial charge is 2.00 e. The van der Waals surface area contributed by atoms with Crippen molar-refractivity contribution in [1.82, 2.24) is 0 Å². The first-order valence-corrected chi connectivity index (χ1v) is 8.51. The van der Waals surface area contributed by atoms with Crippen LogP contribution in [0.4, 0.5) is 11.4 Å². The molecule has 0 amide bonds. The zero-order valence-corrected chi connectivity index (χ0v) is 17.7. The smallest absolute Gasteiger partial charge is 1.00 e. The van der Waals surface area contributed by atoms with Crippen LogP contribution in [-0.2, 0) is 10.1 Å². The molecule has 25 heavy (non-hydrogen) atoms. The third-order valence-electron chi connectivity index (χ3n) is 3.59. The molecule has 0 unspecified atom stereocenters. The van der Waals surface area contributed by atoms with E-state index in [0.29, 0.717) is 11.3 Å². The van der Waals surface area contributed by atoms with E-state index in [1.165, 1.54) is 18.2 Å². The van der Waals surface area contributed by atoms with Gasteiger partial charge in [0.1, 0.15) is 11.4 Å². The fraction of sp³-hybridized carbons (Fsp3) is 0.0588. The number of phenolic OH excluding ortho intramolecular Hbond substituents is 1. The molecule has 3 rings (SSSR count). The Labute approximate surface area is 185 Å². The van der Waals surface area contributed by atoms with Crippen molar-refractivity contribution in [3.8, 4) is 5.75 Å². The first kappa shape index (κ1) is 20.0. The minimum Gasteiger partial charge on any atom is -1.00 e. The standard InChI is InChI=1S/C17H14N2O4S.Sr.2H/c1-11-6-8-13(10-16(11)24(21,22)23)18-19-17-14-5-3-2-4-12(14)7-9-15(17)20;;;/h2-10,20H,1H3,(H,21,22,23);;;/q;+2;2*-1. The normalized spacial score (nSPS) is 11.6. The Morgan fingerprint density at radius 3 is 2.44 bits per heavy atom. The number of hydrogen-bond donors (Lipinski definition) is 2. The van der Waals surface area contributed by atoms with E-state index in [-0.39, 0.29) is 64.7 Å². The van der Waals surface area contributed by atoms with Gasteiger partial charge in [0.25, 0.3) is 10.1 Å². The van der Waals surface area contributed by atoms with Crippen LogP contribution in [0, 0.1) is 6.92 Å². The molecule has 0 aliphatic rings. The molecular formula is C17H16N2O4SSr. The van der Waals surface area contributed by atoms with Crippen LogP contribution >= 0.6 is 0 Å². The second-order valence-corrected chi connectivity index (χ2v) is 6.67. The molecule has 0 bridgehead atoms. The number of benzene rings is 3. The van der Waals surface area contributed by atoms with Crippen molar-refractivity contribution in [1.29, 1.82) is 0 Å². The summed E-state index contributed by atoms with van der Waals surface area (Å²) in [6, 6.07) is 15.0. The van der Waals surface area contributed by atoms with Crippen molar-refractivity contribution < 1.29 is 20.9 Å². The average Bonchev–Trinajstić information content (AvgIpc) is 2.54. The van der Waals surface area contributed by atoms with Gasteiger partial charge in [-0.3, -0.25) is 4.55 Å². The van der Waals surface area contributed by atoms with Crippen molar-refractivity contribution in [3.05, 3.63) is 60.2 Å². The molecule has 3 aromatic rings. The molecule has 0 atom stereocenters. The van der Waals surface area contributed by atoms with Crippen LogP contribution in [0.2, 0.25) is 0 Å². The third kappa shape index (κ3) is 4.46. The Balaban J connectivity index is 0.00000225. The van der Waals surface area contributed by atoms with Crippen molar-refractivity contribution in [3.63, 3.8) is 0 Å². The number of aryl methyl sites for hydroxylation is 1. The van der Waals surface area contributed by atoms with Crippen molar-refractivity contribution in [2.75, 3.05) is 0 Å². The molecule has 0 aliphatic heterocycles. The number of aromatic hydroxyl groups is 1. The van der Waals surface area contributed by atoms with Gasteiger partial charge in [0.2, 0.25) is 0 Å². The van der Waals surface area contributed by atoms with Crippen LogP contribution in [0.5, 0.6) is 5.75 Å². The first-order valence-electron chi connectivity index (χ1n) is 7.07. The van der Waals surface area contributed by atoms with E-state index in [1.54, 1.807) is 19.1 Å². The summed E-state index contributed by atoms with van der Waals surface area (Å²) in [7, 11) is -4.33. The molecule has 0 radical (unpaired) electrons. The van der Waals surface area contributed by atoms with E-state index in [0.717, 1.165) is 10.8 Å². The van der Waals surface area contributed by atoms with Crippen LogP contribution in [0.3, 0.4) is 0 Å². The van der Waals surface area contributed by atoms with Crippen molar-refractivity contribution in [2.24, 2.45) is 10.2 Å². The summed E-state index contributed by atoms with van der Waals surface area (Å²) < 4.78 is 31.9. The Morgan fingerprint density at radius 1 is 1.00 bits per heavy atom. The summed E-state index contributed by atoms with van der Waals surface area (Å²) in [5, 5.41) is 19.7. The zero-order chi connectivity index (χ0) is 17.3. The van der Waals surface area contributed by atoms with Crippen LogP contribution in [-0.4, -0.2) is 63.6 Å². The molecule has 3 aromatic carbocycles. The molecule has 0 saturated carbocycles.